The van der Waals surface area contributed by atoms with E-state index in [2.05, 4.69) is 0 Å². The lowest BCUT2D eigenvalue weighted by Crippen LogP contribution is -2.39. The van der Waals surface area contributed by atoms with Gasteiger partial charge in [-0.25, -0.2) is 4.79 Å². The van der Waals surface area contributed by atoms with Gasteiger partial charge in [-0.2, -0.15) is 4.89 Å². The summed E-state index contributed by atoms with van der Waals surface area (Å²) in [5, 5.41) is 16.1. The smallest absolute Gasteiger partial charge is 0.481 e. The van der Waals surface area contributed by atoms with Gasteiger partial charge in [0, 0.05) is 6.92 Å². The summed E-state index contributed by atoms with van der Waals surface area (Å²) >= 11 is 0. The molecule has 0 aliphatic rings. The van der Waals surface area contributed by atoms with Crippen molar-refractivity contribution in [1.82, 2.24) is 0 Å². The second kappa shape index (κ2) is 5.91. The molecular formula is C12H14O6P+. The normalized spacial score (nSPS) is 16.2. The van der Waals surface area contributed by atoms with E-state index in [-0.39, 0.29) is 0 Å². The molecule has 0 amide bonds. The zero-order valence-electron chi connectivity index (χ0n) is 10.2. The minimum Gasteiger partial charge on any atom is -0.481 e. The molecule has 0 aliphatic heterocycles. The third kappa shape index (κ3) is 3.16. The number of carbonyl (C=O) groups is 2. The van der Waals surface area contributed by atoms with Gasteiger partial charge in [-0.3, -0.25) is 4.79 Å². The minimum absolute atomic E-state index is 0.409. The van der Waals surface area contributed by atoms with Gasteiger partial charge in [0.1, 0.15) is 0 Å². The van der Waals surface area contributed by atoms with Crippen molar-refractivity contribution >= 4 is 20.0 Å². The Kier molecular flexibility index (Phi) is 4.75. The topological polar surface area (TPSA) is 112 Å². The van der Waals surface area contributed by atoms with Crippen molar-refractivity contribution in [2.75, 3.05) is 0 Å². The summed E-state index contributed by atoms with van der Waals surface area (Å²) < 4.78 is 11.4. The van der Waals surface area contributed by atoms with Crippen molar-refractivity contribution in [3.05, 3.63) is 35.9 Å². The second-order valence-electron chi connectivity index (χ2n) is 4.29. The Morgan fingerprint density at radius 3 is 2.16 bits per heavy atom. The fourth-order valence-electron chi connectivity index (χ4n) is 1.87. The number of rotatable bonds is 6. The molecule has 7 heteroatoms. The molecule has 0 saturated carbocycles. The molecule has 3 N–H and O–H groups in total. The van der Waals surface area contributed by atoms with Crippen molar-refractivity contribution in [1.29, 1.82) is 0 Å². The van der Waals surface area contributed by atoms with Gasteiger partial charge in [-0.05, 0) is 10.1 Å². The molecule has 19 heavy (non-hydrogen) atoms. The molecule has 0 bridgehead atoms. The van der Waals surface area contributed by atoms with Gasteiger partial charge in [0.05, 0.1) is 12.3 Å². The lowest BCUT2D eigenvalue weighted by molar-refractivity contribution is -0.141. The Morgan fingerprint density at radius 1 is 1.26 bits per heavy atom. The Hall–Kier alpha value is -1.78. The van der Waals surface area contributed by atoms with Crippen molar-refractivity contribution in [3.63, 3.8) is 0 Å². The van der Waals surface area contributed by atoms with Crippen molar-refractivity contribution in [2.45, 2.75) is 24.4 Å². The molecule has 0 aliphatic carbocycles. The first-order valence-electron chi connectivity index (χ1n) is 5.46. The van der Waals surface area contributed by atoms with Gasteiger partial charge in [0.25, 0.3) is 5.16 Å². The molecule has 0 fully saturated rings. The van der Waals surface area contributed by atoms with Crippen LogP contribution in [0.4, 0.5) is 0 Å². The fourth-order valence-corrected chi connectivity index (χ4v) is 2.54. The average molecular weight is 285 g/mol. The zero-order valence-corrected chi connectivity index (χ0v) is 11.1. The third-order valence-electron chi connectivity index (χ3n) is 3.09. The summed E-state index contributed by atoms with van der Waals surface area (Å²) in [6.45, 7) is 1.09. The molecular weight excluding hydrogens is 271 g/mol. The molecule has 3 unspecified atom stereocenters. The summed E-state index contributed by atoms with van der Waals surface area (Å²) in [6.07, 6.45) is -0.533. The average Bonchev–Trinajstić information content (AvgIpc) is 2.35. The third-order valence-corrected chi connectivity index (χ3v) is 4.39. The number of carboxylic acids is 2. The van der Waals surface area contributed by atoms with Crippen LogP contribution in [0.1, 0.15) is 24.8 Å². The molecule has 0 spiro atoms. The van der Waals surface area contributed by atoms with Crippen LogP contribution in [0.5, 0.6) is 0 Å². The van der Waals surface area contributed by atoms with Crippen LogP contribution in [-0.2, 0) is 14.2 Å². The standard InChI is InChI=1S/C12H13O6P/c1-12(11(15)16,19(17)18)9(7-10(13)14)8-5-3-2-4-6-8/h2-6,9H,7H2,1H3,(H2-,13,14,15,16,17,18)/p+1. The Bertz CT molecular complexity index is 484. The second-order valence-corrected chi connectivity index (χ2v) is 5.76. The largest absolute Gasteiger partial charge is 0.524 e. The van der Waals surface area contributed by atoms with Crippen LogP contribution in [0.2, 0.25) is 0 Å². The first kappa shape index (κ1) is 15.3. The van der Waals surface area contributed by atoms with Gasteiger partial charge in [0.2, 0.25) is 0 Å². The highest BCUT2D eigenvalue weighted by atomic mass is 31.1. The lowest BCUT2D eigenvalue weighted by Gasteiger charge is -2.22. The van der Waals surface area contributed by atoms with Crippen molar-refractivity contribution in [3.8, 4) is 0 Å². The van der Waals surface area contributed by atoms with Crippen LogP contribution in [0, 0.1) is 0 Å². The van der Waals surface area contributed by atoms with Crippen LogP contribution in [0.3, 0.4) is 0 Å². The van der Waals surface area contributed by atoms with E-state index in [9.17, 15) is 24.2 Å². The lowest BCUT2D eigenvalue weighted by atomic mass is 9.84. The molecule has 6 nitrogen and oxygen atoms in total. The maximum absolute atomic E-state index is 11.4. The quantitative estimate of drug-likeness (QED) is 0.687. The molecule has 1 aromatic carbocycles. The predicted molar refractivity (Wildman–Crippen MR) is 67.3 cm³/mol. The minimum atomic E-state index is -3.09. The fraction of sp³-hybridized carbons (Fsp3) is 0.333. The van der Waals surface area contributed by atoms with Crippen molar-refractivity contribution < 1.29 is 29.3 Å². The summed E-state index contributed by atoms with van der Waals surface area (Å²) in [6, 6.07) is 8.04. The number of hydrogen-bond acceptors (Lipinski definition) is 3. The van der Waals surface area contributed by atoms with Gasteiger partial charge >= 0.3 is 20.0 Å². The van der Waals surface area contributed by atoms with E-state index in [4.69, 9.17) is 5.11 Å². The molecule has 0 aromatic heterocycles. The van der Waals surface area contributed by atoms with E-state index in [1.165, 1.54) is 0 Å². The molecule has 1 rings (SSSR count). The molecule has 3 atom stereocenters. The van der Waals surface area contributed by atoms with Crippen LogP contribution in [0.15, 0.2) is 30.3 Å². The number of hydrogen-bond donors (Lipinski definition) is 3. The maximum atomic E-state index is 11.4. The number of carboxylic acid groups (broad SMARTS) is 2. The van der Waals surface area contributed by atoms with Gasteiger partial charge in [0.15, 0.2) is 0 Å². The van der Waals surface area contributed by atoms with Crippen LogP contribution in [0.25, 0.3) is 0 Å². The van der Waals surface area contributed by atoms with Crippen LogP contribution >= 0.6 is 8.03 Å². The highest BCUT2D eigenvalue weighted by molar-refractivity contribution is 7.41. The van der Waals surface area contributed by atoms with Gasteiger partial charge in [-0.1, -0.05) is 30.3 Å². The summed E-state index contributed by atoms with van der Waals surface area (Å²) in [5.74, 6) is -3.80. The first-order valence-corrected chi connectivity index (χ1v) is 6.67. The Morgan fingerprint density at radius 2 is 1.79 bits per heavy atom. The van der Waals surface area contributed by atoms with E-state index in [1.54, 1.807) is 30.3 Å². The summed E-state index contributed by atoms with van der Waals surface area (Å²) in [5.41, 5.74) is 0.409. The predicted octanol–water partition coefficient (Wildman–Crippen LogP) is 1.82. The van der Waals surface area contributed by atoms with Gasteiger partial charge in [-0.15, -0.1) is 0 Å². The monoisotopic (exact) mass is 285 g/mol. The number of aliphatic carboxylic acids is 2. The molecule has 0 saturated heterocycles. The summed E-state index contributed by atoms with van der Waals surface area (Å²) in [7, 11) is -3.09. The molecule has 0 heterocycles. The van der Waals surface area contributed by atoms with Gasteiger partial charge < -0.3 is 10.2 Å². The first-order chi connectivity index (χ1) is 8.80. The molecule has 0 radical (unpaired) electrons. The van der Waals surface area contributed by atoms with Crippen LogP contribution < -0.4 is 0 Å². The number of benzene rings is 1. The zero-order chi connectivity index (χ0) is 14.6. The Labute approximate surface area is 110 Å². The van der Waals surface area contributed by atoms with E-state index in [1.807, 2.05) is 0 Å². The molecule has 102 valence electrons. The highest BCUT2D eigenvalue weighted by Crippen LogP contribution is 2.47. The SMILES string of the molecule is CC(C(=O)O)(C(CC(=O)O)c1ccccc1)[P+](=O)O. The highest BCUT2D eigenvalue weighted by Gasteiger charge is 2.59. The van der Waals surface area contributed by atoms with Crippen LogP contribution in [-0.4, -0.2) is 32.2 Å². The van der Waals surface area contributed by atoms with E-state index in [0.29, 0.717) is 5.56 Å². The van der Waals surface area contributed by atoms with E-state index >= 15 is 0 Å². The van der Waals surface area contributed by atoms with E-state index in [0.717, 1.165) is 6.92 Å². The van der Waals surface area contributed by atoms with E-state index < -0.39 is 37.5 Å². The molecule has 1 aromatic rings. The summed E-state index contributed by atoms with van der Waals surface area (Å²) in [4.78, 5) is 31.5. The maximum Gasteiger partial charge on any atom is 0.524 e. The Balaban J connectivity index is 3.34. The van der Waals surface area contributed by atoms with Crippen molar-refractivity contribution in [2.24, 2.45) is 0 Å².